The van der Waals surface area contributed by atoms with E-state index >= 15 is 0 Å². The van der Waals surface area contributed by atoms with Gasteiger partial charge in [-0.05, 0) is 62.3 Å². The van der Waals surface area contributed by atoms with Crippen molar-refractivity contribution in [1.82, 2.24) is 0 Å². The molecule has 0 spiro atoms. The van der Waals surface area contributed by atoms with Crippen molar-refractivity contribution in [1.29, 1.82) is 5.26 Å². The van der Waals surface area contributed by atoms with Gasteiger partial charge in [0.15, 0.2) is 0 Å². The largest absolute Gasteiger partial charge is 0.325 e. The van der Waals surface area contributed by atoms with Gasteiger partial charge in [-0.3, -0.25) is 9.59 Å². The minimum atomic E-state index is -0.112. The van der Waals surface area contributed by atoms with Gasteiger partial charge in [-0.2, -0.15) is 5.26 Å². The Morgan fingerprint density at radius 1 is 0.966 bits per heavy atom. The summed E-state index contributed by atoms with van der Waals surface area (Å²) in [7, 11) is 0. The molecule has 0 atom stereocenters. The summed E-state index contributed by atoms with van der Waals surface area (Å²) in [4.78, 5) is 27.8. The molecule has 0 radical (unpaired) electrons. The van der Waals surface area contributed by atoms with Crippen LogP contribution in [-0.4, -0.2) is 18.4 Å². The van der Waals surface area contributed by atoms with Crippen LogP contribution in [0, 0.1) is 23.2 Å². The molecule has 2 aromatic carbocycles. The first-order valence-electron chi connectivity index (χ1n) is 10.4. The van der Waals surface area contributed by atoms with E-state index in [0.717, 1.165) is 37.9 Å². The van der Waals surface area contributed by atoms with E-state index in [0.29, 0.717) is 24.1 Å². The van der Waals surface area contributed by atoms with E-state index in [4.69, 9.17) is 0 Å². The van der Waals surface area contributed by atoms with E-state index in [1.807, 2.05) is 29.2 Å². The summed E-state index contributed by atoms with van der Waals surface area (Å²) in [6.45, 7) is 0.779. The topological polar surface area (TPSA) is 73.2 Å². The minimum absolute atomic E-state index is 0.0170. The first-order valence-corrected chi connectivity index (χ1v) is 10.4. The maximum Gasteiger partial charge on any atom is 0.230 e. The molecule has 1 aliphatic heterocycles. The molecular formula is C24H25N3O2. The van der Waals surface area contributed by atoms with E-state index in [9.17, 15) is 14.9 Å². The van der Waals surface area contributed by atoms with Crippen molar-refractivity contribution in [3.8, 4) is 6.07 Å². The molecule has 2 amide bonds. The fourth-order valence-electron chi connectivity index (χ4n) is 4.51. The predicted octanol–water partition coefficient (Wildman–Crippen LogP) is 4.28. The Hall–Kier alpha value is -3.13. The molecule has 4 rings (SSSR count). The van der Waals surface area contributed by atoms with Gasteiger partial charge in [0.05, 0.1) is 11.3 Å². The van der Waals surface area contributed by atoms with Crippen LogP contribution in [0.1, 0.15) is 43.2 Å². The number of carbonyl (C=O) groups excluding carboxylic acids is 2. The van der Waals surface area contributed by atoms with Gasteiger partial charge in [0.1, 0.15) is 6.07 Å². The van der Waals surface area contributed by atoms with Crippen LogP contribution >= 0.6 is 0 Å². The number of amides is 2. The van der Waals surface area contributed by atoms with Crippen LogP contribution in [0.5, 0.6) is 0 Å². The Bertz CT molecular complexity index is 955. The normalized spacial score (nSPS) is 21.0. The van der Waals surface area contributed by atoms with E-state index in [1.165, 1.54) is 5.56 Å². The van der Waals surface area contributed by atoms with Gasteiger partial charge < -0.3 is 10.2 Å². The monoisotopic (exact) mass is 387 g/mol. The summed E-state index contributed by atoms with van der Waals surface area (Å²) in [6.07, 6.45) is 4.89. The lowest BCUT2D eigenvalue weighted by Gasteiger charge is -2.35. The van der Waals surface area contributed by atoms with E-state index in [2.05, 4.69) is 17.5 Å². The SMILES string of the molecule is N#Cc1ccccc1NC(=O)C1CCC(C(=O)N2CCCc3ccccc32)CC1. The number of benzene rings is 2. The Balaban J connectivity index is 1.37. The number of nitriles is 1. The van der Waals surface area contributed by atoms with Crippen LogP contribution in [0.3, 0.4) is 0 Å². The van der Waals surface area contributed by atoms with Crippen molar-refractivity contribution in [2.75, 3.05) is 16.8 Å². The highest BCUT2D eigenvalue weighted by molar-refractivity contribution is 5.97. The van der Waals surface area contributed by atoms with Crippen LogP contribution in [0.15, 0.2) is 48.5 Å². The van der Waals surface area contributed by atoms with Crippen molar-refractivity contribution >= 4 is 23.2 Å². The first kappa shape index (κ1) is 19.2. The van der Waals surface area contributed by atoms with E-state index in [1.54, 1.807) is 18.2 Å². The maximum atomic E-state index is 13.2. The molecule has 148 valence electrons. The van der Waals surface area contributed by atoms with Gasteiger partial charge in [-0.1, -0.05) is 30.3 Å². The number of aryl methyl sites for hydroxylation is 1. The molecule has 1 aliphatic carbocycles. The van der Waals surface area contributed by atoms with Crippen molar-refractivity contribution in [2.24, 2.45) is 11.8 Å². The molecule has 2 aromatic rings. The summed E-state index contributed by atoms with van der Waals surface area (Å²) < 4.78 is 0. The summed E-state index contributed by atoms with van der Waals surface area (Å²) in [5, 5.41) is 12.1. The highest BCUT2D eigenvalue weighted by Crippen LogP contribution is 2.34. The number of hydrogen-bond donors (Lipinski definition) is 1. The lowest BCUT2D eigenvalue weighted by molar-refractivity contribution is -0.126. The van der Waals surface area contributed by atoms with Crippen molar-refractivity contribution in [2.45, 2.75) is 38.5 Å². The molecule has 1 heterocycles. The summed E-state index contributed by atoms with van der Waals surface area (Å²) in [5.41, 5.74) is 3.32. The minimum Gasteiger partial charge on any atom is -0.325 e. The number of carbonyl (C=O) groups is 2. The number of rotatable bonds is 3. The van der Waals surface area contributed by atoms with Crippen LogP contribution in [-0.2, 0) is 16.0 Å². The quantitative estimate of drug-likeness (QED) is 0.854. The molecule has 1 fully saturated rings. The fraction of sp³-hybridized carbons (Fsp3) is 0.375. The molecule has 1 N–H and O–H groups in total. The molecule has 0 unspecified atom stereocenters. The number of hydrogen-bond acceptors (Lipinski definition) is 3. The lowest BCUT2D eigenvalue weighted by atomic mass is 9.80. The first-order chi connectivity index (χ1) is 14.2. The van der Waals surface area contributed by atoms with Crippen LogP contribution in [0.2, 0.25) is 0 Å². The molecule has 0 bridgehead atoms. The van der Waals surface area contributed by atoms with Gasteiger partial charge in [0.25, 0.3) is 0 Å². The summed E-state index contributed by atoms with van der Waals surface area (Å²) in [6, 6.07) is 17.3. The number of para-hydroxylation sites is 2. The lowest BCUT2D eigenvalue weighted by Crippen LogP contribution is -2.41. The fourth-order valence-corrected chi connectivity index (χ4v) is 4.51. The Morgan fingerprint density at radius 3 is 2.45 bits per heavy atom. The molecular weight excluding hydrogens is 362 g/mol. The highest BCUT2D eigenvalue weighted by atomic mass is 16.2. The van der Waals surface area contributed by atoms with E-state index < -0.39 is 0 Å². The Labute approximate surface area is 171 Å². The molecule has 1 saturated carbocycles. The van der Waals surface area contributed by atoms with Crippen LogP contribution < -0.4 is 10.2 Å². The average Bonchev–Trinajstić information content (AvgIpc) is 2.78. The Kier molecular flexibility index (Phi) is 5.62. The zero-order valence-corrected chi connectivity index (χ0v) is 16.4. The second kappa shape index (κ2) is 8.48. The average molecular weight is 387 g/mol. The molecule has 5 nitrogen and oxygen atoms in total. The maximum absolute atomic E-state index is 13.2. The van der Waals surface area contributed by atoms with Gasteiger partial charge in [-0.15, -0.1) is 0 Å². The molecule has 5 heteroatoms. The van der Waals surface area contributed by atoms with Crippen molar-refractivity contribution in [3.05, 3.63) is 59.7 Å². The third-order valence-corrected chi connectivity index (χ3v) is 6.13. The Morgan fingerprint density at radius 2 is 1.66 bits per heavy atom. The van der Waals surface area contributed by atoms with Gasteiger partial charge in [0, 0.05) is 24.1 Å². The predicted molar refractivity (Wildman–Crippen MR) is 112 cm³/mol. The summed E-state index contributed by atoms with van der Waals surface area (Å²) >= 11 is 0. The number of anilines is 2. The highest BCUT2D eigenvalue weighted by Gasteiger charge is 2.34. The molecule has 0 aromatic heterocycles. The second-order valence-corrected chi connectivity index (χ2v) is 7.92. The standard InChI is InChI=1S/C24H25N3O2/c25-16-20-7-1-3-9-21(20)26-23(28)18-11-13-19(14-12-18)24(29)27-15-5-8-17-6-2-4-10-22(17)27/h1-4,6-7,9-10,18-19H,5,8,11-15H2,(H,26,28). The second-order valence-electron chi connectivity index (χ2n) is 7.92. The van der Waals surface area contributed by atoms with Gasteiger partial charge in [0.2, 0.25) is 11.8 Å². The van der Waals surface area contributed by atoms with Gasteiger partial charge >= 0.3 is 0 Å². The van der Waals surface area contributed by atoms with Crippen molar-refractivity contribution < 1.29 is 9.59 Å². The van der Waals surface area contributed by atoms with Crippen LogP contribution in [0.25, 0.3) is 0 Å². The third-order valence-electron chi connectivity index (χ3n) is 6.13. The molecule has 0 saturated heterocycles. The third kappa shape index (κ3) is 4.02. The van der Waals surface area contributed by atoms with Gasteiger partial charge in [-0.25, -0.2) is 0 Å². The zero-order valence-electron chi connectivity index (χ0n) is 16.4. The van der Waals surface area contributed by atoms with E-state index in [-0.39, 0.29) is 23.7 Å². The zero-order chi connectivity index (χ0) is 20.2. The van der Waals surface area contributed by atoms with Crippen LogP contribution in [0.4, 0.5) is 11.4 Å². The number of nitrogens with zero attached hydrogens (tertiary/aromatic N) is 2. The molecule has 29 heavy (non-hydrogen) atoms. The molecule has 2 aliphatic rings. The summed E-state index contributed by atoms with van der Waals surface area (Å²) in [5.74, 6) is 0.0174. The number of nitrogens with one attached hydrogen (secondary N) is 1. The number of fused-ring (bicyclic) bond motifs is 1. The van der Waals surface area contributed by atoms with Crippen molar-refractivity contribution in [3.63, 3.8) is 0 Å². The smallest absolute Gasteiger partial charge is 0.230 e.